The van der Waals surface area contributed by atoms with Gasteiger partial charge in [0.05, 0.1) is 11.4 Å². The third kappa shape index (κ3) is 5.47. The highest BCUT2D eigenvalue weighted by Crippen LogP contribution is 2.38. The monoisotopic (exact) mass is 576 g/mol. The van der Waals surface area contributed by atoms with Crippen LogP contribution in [0.25, 0.3) is 16.7 Å². The first-order valence-corrected chi connectivity index (χ1v) is 13.8. The van der Waals surface area contributed by atoms with Gasteiger partial charge in [-0.15, -0.1) is 0 Å². The minimum absolute atomic E-state index is 0.122. The lowest BCUT2D eigenvalue weighted by molar-refractivity contribution is -0.00960. The van der Waals surface area contributed by atoms with Gasteiger partial charge in [-0.3, -0.25) is 0 Å². The van der Waals surface area contributed by atoms with E-state index in [-0.39, 0.29) is 12.5 Å². The predicted octanol–water partition coefficient (Wildman–Crippen LogP) is 6.81. The minimum atomic E-state index is -0.682. The number of aryl methyl sites for hydroxylation is 4. The Kier molecular flexibility index (Phi) is 7.81. The van der Waals surface area contributed by atoms with Crippen molar-refractivity contribution >= 4 is 33.1 Å². The van der Waals surface area contributed by atoms with Gasteiger partial charge in [0.1, 0.15) is 18.1 Å². The summed E-state index contributed by atoms with van der Waals surface area (Å²) in [5.74, 6) is 0.761. The summed E-state index contributed by atoms with van der Waals surface area (Å²) in [7, 11) is 0. The standard InChI is InChI=1S/C30H33BrN4O3/c1-18-14-24(31)15-19(2)27(18)35-16-20(3)25-26(33-21(4)34-29(25)35)28(23-10-12-32-13-11-23)38-30(36)37-17-22-8-6-5-7-9-22/h5-9,14-16,23,28,32H,10-13,17H2,1-4H3. The third-order valence-corrected chi connectivity index (χ3v) is 7.63. The summed E-state index contributed by atoms with van der Waals surface area (Å²) < 4.78 is 14.8. The zero-order chi connectivity index (χ0) is 26.8. The lowest BCUT2D eigenvalue weighted by Crippen LogP contribution is -2.33. The first kappa shape index (κ1) is 26.4. The number of aromatic nitrogens is 3. The van der Waals surface area contributed by atoms with Gasteiger partial charge in [-0.2, -0.15) is 0 Å². The summed E-state index contributed by atoms with van der Waals surface area (Å²) in [6, 6.07) is 13.9. The molecule has 2 aromatic heterocycles. The second-order valence-corrected chi connectivity index (χ2v) is 11.0. The maximum absolute atomic E-state index is 13.0. The molecule has 2 aromatic carbocycles. The number of carbonyl (C=O) groups is 1. The molecular formula is C30H33BrN4O3. The van der Waals surface area contributed by atoms with E-state index in [2.05, 4.69) is 64.9 Å². The number of halogens is 1. The van der Waals surface area contributed by atoms with Crippen molar-refractivity contribution in [1.29, 1.82) is 0 Å². The van der Waals surface area contributed by atoms with Crippen molar-refractivity contribution in [3.05, 3.63) is 86.9 Å². The van der Waals surface area contributed by atoms with Gasteiger partial charge in [-0.1, -0.05) is 46.3 Å². The van der Waals surface area contributed by atoms with E-state index in [1.54, 1.807) is 0 Å². The number of benzene rings is 2. The number of fused-ring (bicyclic) bond motifs is 1. The summed E-state index contributed by atoms with van der Waals surface area (Å²) >= 11 is 3.61. The summed E-state index contributed by atoms with van der Waals surface area (Å²) in [5, 5.41) is 4.34. The number of nitrogens with zero attached hydrogens (tertiary/aromatic N) is 3. The van der Waals surface area contributed by atoms with E-state index in [4.69, 9.17) is 19.4 Å². The van der Waals surface area contributed by atoms with Crippen LogP contribution in [-0.2, 0) is 16.1 Å². The fourth-order valence-electron chi connectivity index (χ4n) is 5.49. The molecule has 5 rings (SSSR count). The maximum Gasteiger partial charge on any atom is 0.509 e. The normalized spacial score (nSPS) is 15.0. The molecule has 0 radical (unpaired) electrons. The molecule has 7 nitrogen and oxygen atoms in total. The molecule has 0 bridgehead atoms. The van der Waals surface area contributed by atoms with Gasteiger partial charge < -0.3 is 19.4 Å². The van der Waals surface area contributed by atoms with E-state index >= 15 is 0 Å². The Balaban J connectivity index is 1.56. The first-order valence-electron chi connectivity index (χ1n) is 13.0. The molecule has 1 saturated heterocycles. The van der Waals surface area contributed by atoms with Crippen LogP contribution in [0.3, 0.4) is 0 Å². The van der Waals surface area contributed by atoms with Crippen LogP contribution >= 0.6 is 15.9 Å². The van der Waals surface area contributed by atoms with E-state index in [1.165, 1.54) is 0 Å². The second-order valence-electron chi connectivity index (χ2n) is 10.1. The molecule has 8 heteroatoms. The van der Waals surface area contributed by atoms with Gasteiger partial charge in [-0.25, -0.2) is 14.8 Å². The fourth-order valence-corrected chi connectivity index (χ4v) is 6.17. The van der Waals surface area contributed by atoms with E-state index < -0.39 is 12.3 Å². The van der Waals surface area contributed by atoms with E-state index in [0.29, 0.717) is 5.82 Å². The Morgan fingerprint density at radius 1 is 1.05 bits per heavy atom. The molecule has 38 heavy (non-hydrogen) atoms. The van der Waals surface area contributed by atoms with Crippen LogP contribution in [0.2, 0.25) is 0 Å². The average Bonchev–Trinajstić information content (AvgIpc) is 3.21. The van der Waals surface area contributed by atoms with Crippen molar-refractivity contribution in [1.82, 2.24) is 19.9 Å². The van der Waals surface area contributed by atoms with Gasteiger partial charge in [-0.05, 0) is 88.0 Å². The Hall–Kier alpha value is -3.23. The molecule has 0 spiro atoms. The number of rotatable bonds is 6. The van der Waals surface area contributed by atoms with Gasteiger partial charge in [0.25, 0.3) is 0 Å². The number of nitrogens with one attached hydrogen (secondary N) is 1. The van der Waals surface area contributed by atoms with Gasteiger partial charge in [0, 0.05) is 22.0 Å². The fraction of sp³-hybridized carbons (Fsp3) is 0.367. The highest BCUT2D eigenvalue weighted by atomic mass is 79.9. The molecule has 0 amide bonds. The molecular weight excluding hydrogens is 544 g/mol. The van der Waals surface area contributed by atoms with Crippen LogP contribution in [0, 0.1) is 33.6 Å². The molecule has 3 heterocycles. The molecule has 0 saturated carbocycles. The average molecular weight is 578 g/mol. The Morgan fingerprint density at radius 2 is 1.74 bits per heavy atom. The van der Waals surface area contributed by atoms with E-state index in [0.717, 1.165) is 75.1 Å². The van der Waals surface area contributed by atoms with Crippen molar-refractivity contribution in [3.63, 3.8) is 0 Å². The number of ether oxygens (including phenoxy) is 2. The lowest BCUT2D eigenvalue weighted by atomic mass is 9.89. The molecule has 1 aliphatic heterocycles. The molecule has 1 fully saturated rings. The third-order valence-electron chi connectivity index (χ3n) is 7.18. The van der Waals surface area contributed by atoms with Crippen LogP contribution in [0.5, 0.6) is 0 Å². The van der Waals surface area contributed by atoms with Crippen molar-refractivity contribution in [2.75, 3.05) is 13.1 Å². The van der Waals surface area contributed by atoms with Gasteiger partial charge in [0.2, 0.25) is 0 Å². The van der Waals surface area contributed by atoms with E-state index in [9.17, 15) is 4.79 Å². The SMILES string of the molecule is Cc1nc(C(OC(=O)OCc2ccccc2)C2CCNCC2)c2c(C)cn(-c3c(C)cc(Br)cc3C)c2n1. The summed E-state index contributed by atoms with van der Waals surface area (Å²) in [4.78, 5) is 22.8. The Labute approximate surface area is 231 Å². The predicted molar refractivity (Wildman–Crippen MR) is 152 cm³/mol. The zero-order valence-corrected chi connectivity index (χ0v) is 23.8. The Morgan fingerprint density at radius 3 is 2.42 bits per heavy atom. The topological polar surface area (TPSA) is 78.3 Å². The van der Waals surface area contributed by atoms with Crippen molar-refractivity contribution < 1.29 is 14.3 Å². The van der Waals surface area contributed by atoms with Gasteiger partial charge in [0.15, 0.2) is 6.10 Å². The van der Waals surface area contributed by atoms with Crippen LogP contribution in [-0.4, -0.2) is 33.8 Å². The summed E-state index contributed by atoms with van der Waals surface area (Å²) in [6.07, 6.45) is 2.65. The molecule has 0 aliphatic carbocycles. The molecule has 4 aromatic rings. The maximum atomic E-state index is 13.0. The zero-order valence-electron chi connectivity index (χ0n) is 22.3. The largest absolute Gasteiger partial charge is 0.509 e. The van der Waals surface area contributed by atoms with Crippen LogP contribution < -0.4 is 5.32 Å². The number of hydrogen-bond donors (Lipinski definition) is 1. The number of carbonyl (C=O) groups excluding carboxylic acids is 1. The van der Waals surface area contributed by atoms with Crippen LogP contribution in [0.1, 0.15) is 52.7 Å². The molecule has 1 atom stereocenters. The highest BCUT2D eigenvalue weighted by molar-refractivity contribution is 9.10. The molecule has 198 valence electrons. The van der Waals surface area contributed by atoms with Crippen molar-refractivity contribution in [2.24, 2.45) is 5.92 Å². The number of piperidine rings is 1. The van der Waals surface area contributed by atoms with Crippen LogP contribution in [0.4, 0.5) is 4.79 Å². The minimum Gasteiger partial charge on any atom is -0.429 e. The Bertz CT molecular complexity index is 1440. The van der Waals surface area contributed by atoms with Gasteiger partial charge >= 0.3 is 6.16 Å². The second kappa shape index (κ2) is 11.3. The summed E-state index contributed by atoms with van der Waals surface area (Å²) in [5.41, 5.74) is 6.90. The molecule has 1 aliphatic rings. The quantitative estimate of drug-likeness (QED) is 0.254. The lowest BCUT2D eigenvalue weighted by Gasteiger charge is -2.30. The van der Waals surface area contributed by atoms with E-state index in [1.807, 2.05) is 37.3 Å². The molecule has 1 N–H and O–H groups in total. The smallest absolute Gasteiger partial charge is 0.429 e. The van der Waals surface area contributed by atoms with Crippen LogP contribution in [0.15, 0.2) is 53.1 Å². The molecule has 1 unspecified atom stereocenters. The highest BCUT2D eigenvalue weighted by Gasteiger charge is 2.33. The number of hydrogen-bond acceptors (Lipinski definition) is 6. The van der Waals surface area contributed by atoms with Crippen molar-refractivity contribution in [2.45, 2.75) is 53.2 Å². The first-order chi connectivity index (χ1) is 18.3. The summed E-state index contributed by atoms with van der Waals surface area (Å²) in [6.45, 7) is 10.1. The van der Waals surface area contributed by atoms with Crippen molar-refractivity contribution in [3.8, 4) is 5.69 Å².